The van der Waals surface area contributed by atoms with Crippen LogP contribution in [0, 0.1) is 11.3 Å². The number of anilines is 1. The predicted octanol–water partition coefficient (Wildman–Crippen LogP) is 4.74. The maximum absolute atomic E-state index is 9.08. The van der Waals surface area contributed by atoms with E-state index in [0.29, 0.717) is 0 Å². The molecule has 2 aromatic rings. The first-order valence-electron chi connectivity index (χ1n) is 7.65. The van der Waals surface area contributed by atoms with Gasteiger partial charge in [-0.3, -0.25) is 0 Å². The van der Waals surface area contributed by atoms with Crippen molar-refractivity contribution in [3.8, 4) is 17.2 Å². The second kappa shape index (κ2) is 4.24. The SMILES string of the molecule is CC1=CC(C)(C)Nc2cc3c(cc21)-c1ccc(C#N)cc1C3. The molecule has 1 heterocycles. The highest BCUT2D eigenvalue weighted by Gasteiger charge is 2.26. The molecule has 0 spiro atoms. The number of hydrogen-bond acceptors (Lipinski definition) is 2. The fourth-order valence-corrected chi connectivity index (χ4v) is 3.75. The number of hydrogen-bond donors (Lipinski definition) is 1. The molecule has 2 aliphatic rings. The van der Waals surface area contributed by atoms with Crippen molar-refractivity contribution in [1.82, 2.24) is 0 Å². The van der Waals surface area contributed by atoms with Crippen molar-refractivity contribution in [3.05, 3.63) is 58.7 Å². The zero-order valence-corrected chi connectivity index (χ0v) is 13.1. The lowest BCUT2D eigenvalue weighted by Gasteiger charge is -2.32. The number of benzene rings is 2. The molecule has 0 saturated heterocycles. The van der Waals surface area contributed by atoms with E-state index in [1.807, 2.05) is 12.1 Å². The van der Waals surface area contributed by atoms with E-state index in [0.717, 1.165) is 12.0 Å². The first kappa shape index (κ1) is 13.2. The van der Waals surface area contributed by atoms with Crippen molar-refractivity contribution in [2.45, 2.75) is 32.7 Å². The van der Waals surface area contributed by atoms with Crippen molar-refractivity contribution in [2.24, 2.45) is 0 Å². The molecule has 0 atom stereocenters. The topological polar surface area (TPSA) is 35.8 Å². The smallest absolute Gasteiger partial charge is 0.0991 e. The minimum absolute atomic E-state index is 0.00917. The van der Waals surface area contributed by atoms with E-state index in [4.69, 9.17) is 5.26 Å². The first-order chi connectivity index (χ1) is 10.5. The number of nitriles is 1. The zero-order chi connectivity index (χ0) is 15.5. The highest BCUT2D eigenvalue weighted by atomic mass is 15.0. The lowest BCUT2D eigenvalue weighted by atomic mass is 9.89. The Hall–Kier alpha value is -2.53. The van der Waals surface area contributed by atoms with Gasteiger partial charge in [0.15, 0.2) is 0 Å². The highest BCUT2D eigenvalue weighted by Crippen LogP contribution is 2.43. The summed E-state index contributed by atoms with van der Waals surface area (Å²) in [5, 5.41) is 12.7. The van der Waals surface area contributed by atoms with Crippen LogP contribution >= 0.6 is 0 Å². The molecule has 0 fully saturated rings. The van der Waals surface area contributed by atoms with Crippen LogP contribution in [0.2, 0.25) is 0 Å². The van der Waals surface area contributed by atoms with Gasteiger partial charge in [-0.1, -0.05) is 12.1 Å². The van der Waals surface area contributed by atoms with Crippen LogP contribution in [0.3, 0.4) is 0 Å². The molecule has 0 saturated carbocycles. The molecule has 1 aliphatic carbocycles. The van der Waals surface area contributed by atoms with Crippen LogP contribution in [-0.4, -0.2) is 5.54 Å². The molecule has 22 heavy (non-hydrogen) atoms. The third kappa shape index (κ3) is 1.86. The molecule has 0 bridgehead atoms. The lowest BCUT2D eigenvalue weighted by molar-refractivity contribution is 0.707. The third-order valence-electron chi connectivity index (χ3n) is 4.61. The Bertz CT molecular complexity index is 879. The molecule has 2 nitrogen and oxygen atoms in total. The van der Waals surface area contributed by atoms with Crippen LogP contribution in [0.15, 0.2) is 36.4 Å². The summed E-state index contributed by atoms with van der Waals surface area (Å²) >= 11 is 0. The molecule has 2 heteroatoms. The Morgan fingerprint density at radius 3 is 2.59 bits per heavy atom. The van der Waals surface area contributed by atoms with Crippen LogP contribution in [0.1, 0.15) is 43.0 Å². The Labute approximate surface area is 131 Å². The molecule has 0 amide bonds. The first-order valence-corrected chi connectivity index (χ1v) is 7.65. The number of nitrogens with one attached hydrogen (secondary N) is 1. The zero-order valence-electron chi connectivity index (χ0n) is 13.1. The van der Waals surface area contributed by atoms with Crippen molar-refractivity contribution in [1.29, 1.82) is 5.26 Å². The van der Waals surface area contributed by atoms with Crippen LogP contribution in [0.4, 0.5) is 5.69 Å². The molecular formula is C20H18N2. The summed E-state index contributed by atoms with van der Waals surface area (Å²) in [5.74, 6) is 0. The average Bonchev–Trinajstić information content (AvgIpc) is 2.80. The largest absolute Gasteiger partial charge is 0.376 e. The van der Waals surface area contributed by atoms with Crippen LogP contribution in [0.5, 0.6) is 0 Å². The average molecular weight is 286 g/mol. The van der Waals surface area contributed by atoms with Crippen molar-refractivity contribution < 1.29 is 0 Å². The van der Waals surface area contributed by atoms with Gasteiger partial charge in [-0.25, -0.2) is 0 Å². The summed E-state index contributed by atoms with van der Waals surface area (Å²) in [6, 6.07) is 12.8. The van der Waals surface area contributed by atoms with Gasteiger partial charge in [0, 0.05) is 11.3 Å². The van der Waals surface area contributed by atoms with E-state index < -0.39 is 0 Å². The summed E-state index contributed by atoms with van der Waals surface area (Å²) in [5.41, 5.74) is 9.76. The van der Waals surface area contributed by atoms with E-state index in [-0.39, 0.29) is 5.54 Å². The van der Waals surface area contributed by atoms with E-state index in [1.54, 1.807) is 0 Å². The minimum Gasteiger partial charge on any atom is -0.376 e. The maximum Gasteiger partial charge on any atom is 0.0991 e. The predicted molar refractivity (Wildman–Crippen MR) is 90.8 cm³/mol. The molecule has 4 rings (SSSR count). The van der Waals surface area contributed by atoms with Crippen LogP contribution < -0.4 is 5.32 Å². The lowest BCUT2D eigenvalue weighted by Crippen LogP contribution is -2.31. The van der Waals surface area contributed by atoms with Gasteiger partial charge in [0.05, 0.1) is 17.2 Å². The normalized spacial score (nSPS) is 16.7. The summed E-state index contributed by atoms with van der Waals surface area (Å²) in [4.78, 5) is 0. The Morgan fingerprint density at radius 1 is 1.05 bits per heavy atom. The molecule has 108 valence electrons. The second-order valence-electron chi connectivity index (χ2n) is 6.89. The fourth-order valence-electron chi connectivity index (χ4n) is 3.75. The van der Waals surface area contributed by atoms with Crippen LogP contribution in [-0.2, 0) is 6.42 Å². The van der Waals surface area contributed by atoms with Gasteiger partial charge in [0.25, 0.3) is 0 Å². The molecular weight excluding hydrogens is 268 g/mol. The minimum atomic E-state index is -0.00917. The van der Waals surface area contributed by atoms with Gasteiger partial charge in [-0.2, -0.15) is 5.26 Å². The monoisotopic (exact) mass is 286 g/mol. The van der Waals surface area contributed by atoms with Gasteiger partial charge < -0.3 is 5.32 Å². The number of fused-ring (bicyclic) bond motifs is 4. The van der Waals surface area contributed by atoms with Gasteiger partial charge in [-0.05, 0) is 79.3 Å². The standard InChI is InChI=1S/C20H18N2/c1-12-10-20(2,3)22-19-8-15-7-14-6-13(11-21)4-5-16(14)18(15)9-17(12)19/h4-6,8-10,22H,7H2,1-3H3. The number of allylic oxidation sites excluding steroid dienone is 1. The second-order valence-corrected chi connectivity index (χ2v) is 6.89. The van der Waals surface area contributed by atoms with Crippen molar-refractivity contribution in [2.75, 3.05) is 5.32 Å². The molecule has 1 aliphatic heterocycles. The molecule has 0 radical (unpaired) electrons. The number of nitrogens with zero attached hydrogens (tertiary/aromatic N) is 1. The highest BCUT2D eigenvalue weighted by molar-refractivity contribution is 5.88. The molecule has 1 N–H and O–H groups in total. The third-order valence-corrected chi connectivity index (χ3v) is 4.61. The van der Waals surface area contributed by atoms with Gasteiger partial charge in [-0.15, -0.1) is 0 Å². The van der Waals surface area contributed by atoms with E-state index in [2.05, 4.69) is 56.4 Å². The molecule has 0 unspecified atom stereocenters. The van der Waals surface area contributed by atoms with E-state index in [9.17, 15) is 0 Å². The molecule has 0 aromatic heterocycles. The Balaban J connectivity index is 1.89. The summed E-state index contributed by atoms with van der Waals surface area (Å²) in [6.45, 7) is 6.57. The maximum atomic E-state index is 9.08. The summed E-state index contributed by atoms with van der Waals surface area (Å²) in [7, 11) is 0. The van der Waals surface area contributed by atoms with E-state index >= 15 is 0 Å². The van der Waals surface area contributed by atoms with Crippen LogP contribution in [0.25, 0.3) is 16.7 Å². The Kier molecular flexibility index (Phi) is 2.53. The summed E-state index contributed by atoms with van der Waals surface area (Å²) in [6.07, 6.45) is 3.20. The van der Waals surface area contributed by atoms with Gasteiger partial charge in [0.2, 0.25) is 0 Å². The quantitative estimate of drug-likeness (QED) is 0.648. The van der Waals surface area contributed by atoms with Crippen molar-refractivity contribution in [3.63, 3.8) is 0 Å². The van der Waals surface area contributed by atoms with Crippen molar-refractivity contribution >= 4 is 11.3 Å². The van der Waals surface area contributed by atoms with E-state index in [1.165, 1.54) is 39.1 Å². The van der Waals surface area contributed by atoms with Gasteiger partial charge in [0.1, 0.15) is 0 Å². The molecule has 2 aromatic carbocycles. The fraction of sp³-hybridized carbons (Fsp3) is 0.250. The summed E-state index contributed by atoms with van der Waals surface area (Å²) < 4.78 is 0. The van der Waals surface area contributed by atoms with Gasteiger partial charge >= 0.3 is 0 Å². The number of rotatable bonds is 0. The Morgan fingerprint density at radius 2 is 1.82 bits per heavy atom.